The molecule has 1 aliphatic heterocycles. The summed E-state index contributed by atoms with van der Waals surface area (Å²) in [6.45, 7) is 7.71. The van der Waals surface area contributed by atoms with Crippen LogP contribution < -0.4 is 0 Å². The van der Waals surface area contributed by atoms with Gasteiger partial charge in [0.1, 0.15) is 11.5 Å². The molecule has 0 spiro atoms. The molecule has 5 heteroatoms. The van der Waals surface area contributed by atoms with Gasteiger partial charge in [0.25, 0.3) is 5.91 Å². The van der Waals surface area contributed by atoms with Crippen molar-refractivity contribution in [2.75, 3.05) is 6.54 Å². The third-order valence-electron chi connectivity index (χ3n) is 4.74. The Kier molecular flexibility index (Phi) is 5.21. The minimum absolute atomic E-state index is 0.0156. The Bertz CT molecular complexity index is 736. The number of nitrogens with zero attached hydrogens (tertiary/aromatic N) is 3. The molecule has 134 valence electrons. The molecule has 2 aromatic rings. The summed E-state index contributed by atoms with van der Waals surface area (Å²) in [6.07, 6.45) is 2.75. The quantitative estimate of drug-likeness (QED) is 0.815. The zero-order valence-electron chi connectivity index (χ0n) is 15.2. The molecule has 4 nitrogen and oxygen atoms in total. The second-order valence-corrected chi connectivity index (χ2v) is 7.14. The maximum Gasteiger partial charge on any atom is 0.272 e. The van der Waals surface area contributed by atoms with Crippen molar-refractivity contribution in [2.45, 2.75) is 52.6 Å². The number of hydrogen-bond acceptors (Lipinski definition) is 2. The molecule has 1 saturated heterocycles. The lowest BCUT2D eigenvalue weighted by atomic mass is 10.0. The summed E-state index contributed by atoms with van der Waals surface area (Å²) in [5, 5.41) is 4.59. The van der Waals surface area contributed by atoms with Gasteiger partial charge in [0.05, 0.1) is 11.7 Å². The Balaban J connectivity index is 1.86. The molecule has 1 aromatic carbocycles. The number of rotatable bonds is 5. The average Bonchev–Trinajstić information content (AvgIpc) is 3.21. The lowest BCUT2D eigenvalue weighted by Gasteiger charge is -2.25. The van der Waals surface area contributed by atoms with Crippen molar-refractivity contribution >= 4 is 5.91 Å². The number of aromatic nitrogens is 2. The molecular weight excluding hydrogens is 317 g/mol. The highest BCUT2D eigenvalue weighted by atomic mass is 19.1. The molecule has 3 rings (SSSR count). The first-order valence-electron chi connectivity index (χ1n) is 9.12. The number of carbonyl (C=O) groups is 1. The predicted octanol–water partition coefficient (Wildman–Crippen LogP) is 4.22. The van der Waals surface area contributed by atoms with Crippen LogP contribution in [0.5, 0.6) is 0 Å². The monoisotopic (exact) mass is 343 g/mol. The van der Waals surface area contributed by atoms with Gasteiger partial charge in [0.2, 0.25) is 0 Å². The van der Waals surface area contributed by atoms with Crippen molar-refractivity contribution < 1.29 is 9.18 Å². The number of halogens is 1. The molecule has 0 bridgehead atoms. The molecule has 1 aromatic heterocycles. The van der Waals surface area contributed by atoms with E-state index in [1.165, 1.54) is 12.1 Å². The van der Waals surface area contributed by atoms with Gasteiger partial charge >= 0.3 is 0 Å². The lowest BCUT2D eigenvalue weighted by Crippen LogP contribution is -2.32. The number of hydrogen-bond donors (Lipinski definition) is 0. The number of aryl methyl sites for hydroxylation is 1. The molecule has 0 N–H and O–H groups in total. The fourth-order valence-electron chi connectivity index (χ4n) is 3.59. The zero-order valence-corrected chi connectivity index (χ0v) is 15.2. The Hall–Kier alpha value is -2.17. The van der Waals surface area contributed by atoms with Gasteiger partial charge in [0, 0.05) is 13.1 Å². The highest BCUT2D eigenvalue weighted by Gasteiger charge is 2.32. The van der Waals surface area contributed by atoms with E-state index >= 15 is 0 Å². The smallest absolute Gasteiger partial charge is 0.272 e. The fourth-order valence-corrected chi connectivity index (χ4v) is 3.59. The van der Waals surface area contributed by atoms with Crippen LogP contribution in [0, 0.1) is 11.7 Å². The molecule has 2 heterocycles. The van der Waals surface area contributed by atoms with E-state index < -0.39 is 0 Å². The molecule has 1 aliphatic rings. The van der Waals surface area contributed by atoms with Crippen LogP contribution in [0.2, 0.25) is 0 Å². The normalized spacial score (nSPS) is 17.5. The lowest BCUT2D eigenvalue weighted by molar-refractivity contribution is 0.0723. The van der Waals surface area contributed by atoms with Crippen LogP contribution in [0.1, 0.15) is 61.4 Å². The van der Waals surface area contributed by atoms with E-state index in [1.54, 1.807) is 16.8 Å². The van der Waals surface area contributed by atoms with Crippen molar-refractivity contribution in [3.8, 4) is 0 Å². The molecule has 1 unspecified atom stereocenters. The van der Waals surface area contributed by atoms with Gasteiger partial charge in [-0.25, -0.2) is 4.39 Å². The van der Waals surface area contributed by atoms with Gasteiger partial charge in [-0.1, -0.05) is 26.0 Å². The first-order chi connectivity index (χ1) is 12.0. The largest absolute Gasteiger partial charge is 0.330 e. The Morgan fingerprint density at radius 2 is 2.04 bits per heavy atom. The van der Waals surface area contributed by atoms with Gasteiger partial charge in [-0.15, -0.1) is 0 Å². The Morgan fingerprint density at radius 1 is 1.32 bits per heavy atom. The Morgan fingerprint density at radius 3 is 2.68 bits per heavy atom. The van der Waals surface area contributed by atoms with E-state index in [0.29, 0.717) is 18.2 Å². The van der Waals surface area contributed by atoms with Crippen LogP contribution in [-0.4, -0.2) is 27.1 Å². The maximum absolute atomic E-state index is 13.2. The standard InChI is InChI=1S/C20H26FN3O/c1-4-24-19(13-17(22-24)12-14(2)3)20(25)23-11-5-6-18(23)15-7-9-16(21)10-8-15/h7-10,13-14,18H,4-6,11-12H2,1-3H3. The van der Waals surface area contributed by atoms with Gasteiger partial charge in [-0.3, -0.25) is 9.48 Å². The number of carbonyl (C=O) groups excluding carboxylic acids is 1. The maximum atomic E-state index is 13.2. The summed E-state index contributed by atoms with van der Waals surface area (Å²) in [7, 11) is 0. The highest BCUT2D eigenvalue weighted by Crippen LogP contribution is 2.33. The molecule has 1 atom stereocenters. The molecule has 1 amide bonds. The van der Waals surface area contributed by atoms with Crippen molar-refractivity contribution in [1.82, 2.24) is 14.7 Å². The van der Waals surface area contributed by atoms with Crippen LogP contribution in [0.25, 0.3) is 0 Å². The summed E-state index contributed by atoms with van der Waals surface area (Å²) in [6, 6.07) is 8.45. The summed E-state index contributed by atoms with van der Waals surface area (Å²) in [5.74, 6) is 0.278. The molecule has 0 saturated carbocycles. The zero-order chi connectivity index (χ0) is 18.0. The van der Waals surface area contributed by atoms with Crippen LogP contribution in [-0.2, 0) is 13.0 Å². The van der Waals surface area contributed by atoms with E-state index in [0.717, 1.165) is 37.1 Å². The first-order valence-corrected chi connectivity index (χ1v) is 9.12. The van der Waals surface area contributed by atoms with Gasteiger partial charge in [-0.2, -0.15) is 5.10 Å². The van der Waals surface area contributed by atoms with Gasteiger partial charge < -0.3 is 4.90 Å². The van der Waals surface area contributed by atoms with Crippen molar-refractivity contribution in [3.05, 3.63) is 53.1 Å². The minimum atomic E-state index is -0.248. The first kappa shape index (κ1) is 17.6. The molecule has 1 fully saturated rings. The van der Waals surface area contributed by atoms with E-state index in [4.69, 9.17) is 0 Å². The molecule has 25 heavy (non-hydrogen) atoms. The Labute approximate surface area is 148 Å². The van der Waals surface area contributed by atoms with E-state index in [2.05, 4.69) is 18.9 Å². The SMILES string of the molecule is CCn1nc(CC(C)C)cc1C(=O)N1CCCC1c1ccc(F)cc1. The third kappa shape index (κ3) is 3.75. The molecular formula is C20H26FN3O. The van der Waals surface area contributed by atoms with E-state index in [9.17, 15) is 9.18 Å². The summed E-state index contributed by atoms with van der Waals surface area (Å²) in [4.78, 5) is 15.1. The minimum Gasteiger partial charge on any atom is -0.330 e. The summed E-state index contributed by atoms with van der Waals surface area (Å²) < 4.78 is 15.0. The average molecular weight is 343 g/mol. The summed E-state index contributed by atoms with van der Waals surface area (Å²) in [5.41, 5.74) is 2.63. The summed E-state index contributed by atoms with van der Waals surface area (Å²) >= 11 is 0. The van der Waals surface area contributed by atoms with Crippen LogP contribution in [0.3, 0.4) is 0 Å². The second kappa shape index (κ2) is 7.38. The molecule has 0 radical (unpaired) electrons. The van der Waals surface area contributed by atoms with E-state index in [-0.39, 0.29) is 17.8 Å². The van der Waals surface area contributed by atoms with Crippen molar-refractivity contribution in [2.24, 2.45) is 5.92 Å². The highest BCUT2D eigenvalue weighted by molar-refractivity contribution is 5.93. The van der Waals surface area contributed by atoms with Gasteiger partial charge in [0.15, 0.2) is 0 Å². The third-order valence-corrected chi connectivity index (χ3v) is 4.74. The van der Waals surface area contributed by atoms with Gasteiger partial charge in [-0.05, 0) is 55.9 Å². The van der Waals surface area contributed by atoms with E-state index in [1.807, 2.05) is 17.9 Å². The second-order valence-electron chi connectivity index (χ2n) is 7.14. The van der Waals surface area contributed by atoms with Crippen LogP contribution in [0.15, 0.2) is 30.3 Å². The number of benzene rings is 1. The number of likely N-dealkylation sites (tertiary alicyclic amines) is 1. The van der Waals surface area contributed by atoms with Crippen LogP contribution >= 0.6 is 0 Å². The number of amides is 1. The van der Waals surface area contributed by atoms with Crippen LogP contribution in [0.4, 0.5) is 4.39 Å². The fraction of sp³-hybridized carbons (Fsp3) is 0.500. The van der Waals surface area contributed by atoms with Crippen molar-refractivity contribution in [3.63, 3.8) is 0 Å². The predicted molar refractivity (Wildman–Crippen MR) is 95.9 cm³/mol. The molecule has 0 aliphatic carbocycles. The van der Waals surface area contributed by atoms with Crippen molar-refractivity contribution in [1.29, 1.82) is 0 Å². The topological polar surface area (TPSA) is 38.1 Å².